The third-order valence-electron chi connectivity index (χ3n) is 4.13. The topological polar surface area (TPSA) is 46.3 Å². The van der Waals surface area contributed by atoms with Gasteiger partial charge in [0.25, 0.3) is 0 Å². The van der Waals surface area contributed by atoms with Crippen LogP contribution in [-0.4, -0.2) is 10.1 Å². The van der Waals surface area contributed by atoms with Gasteiger partial charge in [-0.25, -0.2) is 0 Å². The highest BCUT2D eigenvalue weighted by molar-refractivity contribution is 5.81. The molecule has 118 valence electrons. The van der Waals surface area contributed by atoms with Crippen LogP contribution in [0.1, 0.15) is 28.1 Å². The van der Waals surface area contributed by atoms with E-state index in [0.717, 1.165) is 40.8 Å². The summed E-state index contributed by atoms with van der Waals surface area (Å²) < 4.78 is 5.62. The van der Waals surface area contributed by atoms with Crippen LogP contribution in [0.5, 0.6) is 0 Å². The molecule has 0 spiro atoms. The normalized spacial score (nSPS) is 11.0. The fourth-order valence-electron chi connectivity index (χ4n) is 2.90. The van der Waals surface area contributed by atoms with E-state index in [-0.39, 0.29) is 5.76 Å². The van der Waals surface area contributed by atoms with E-state index in [9.17, 15) is 5.11 Å². The predicted octanol–water partition coefficient (Wildman–Crippen LogP) is 4.84. The van der Waals surface area contributed by atoms with Crippen molar-refractivity contribution in [1.29, 1.82) is 0 Å². The second-order valence-corrected chi connectivity index (χ2v) is 6.03. The van der Waals surface area contributed by atoms with Gasteiger partial charge in [-0.2, -0.15) is 0 Å². The molecule has 0 atom stereocenters. The monoisotopic (exact) mass is 307 g/mol. The second kappa shape index (κ2) is 6.29. The first-order valence-corrected chi connectivity index (χ1v) is 7.82. The Morgan fingerprint density at radius 2 is 1.96 bits per heavy atom. The van der Waals surface area contributed by atoms with Crippen molar-refractivity contribution >= 4 is 11.0 Å². The molecule has 0 radical (unpaired) electrons. The largest absolute Gasteiger partial charge is 0.513 e. The number of allylic oxidation sites excluding steroid dienone is 1. The minimum absolute atomic E-state index is 0.152. The van der Waals surface area contributed by atoms with Crippen LogP contribution in [0, 0.1) is 13.8 Å². The number of hydrogen-bond acceptors (Lipinski definition) is 3. The van der Waals surface area contributed by atoms with Crippen LogP contribution in [0.3, 0.4) is 0 Å². The molecule has 0 bridgehead atoms. The zero-order valence-corrected chi connectivity index (χ0v) is 13.6. The van der Waals surface area contributed by atoms with E-state index in [4.69, 9.17) is 4.42 Å². The lowest BCUT2D eigenvalue weighted by molar-refractivity contribution is 0.401. The van der Waals surface area contributed by atoms with E-state index in [1.165, 1.54) is 11.1 Å². The third-order valence-corrected chi connectivity index (χ3v) is 4.13. The number of furan rings is 1. The van der Waals surface area contributed by atoms with Crippen LogP contribution in [0.2, 0.25) is 0 Å². The molecule has 0 aliphatic rings. The van der Waals surface area contributed by atoms with Gasteiger partial charge in [0, 0.05) is 28.8 Å². The summed E-state index contributed by atoms with van der Waals surface area (Å²) in [5.41, 5.74) is 6.51. The summed E-state index contributed by atoms with van der Waals surface area (Å²) in [6.45, 7) is 7.62. The quantitative estimate of drug-likeness (QED) is 0.686. The molecule has 0 saturated heterocycles. The van der Waals surface area contributed by atoms with Crippen LogP contribution in [-0.2, 0) is 19.3 Å². The molecule has 0 aliphatic carbocycles. The van der Waals surface area contributed by atoms with Crippen molar-refractivity contribution in [3.05, 3.63) is 77.0 Å². The van der Waals surface area contributed by atoms with Crippen molar-refractivity contribution < 1.29 is 9.52 Å². The Kier molecular flexibility index (Phi) is 4.20. The van der Waals surface area contributed by atoms with Gasteiger partial charge in [0.2, 0.25) is 0 Å². The minimum atomic E-state index is 0.152. The fraction of sp³-hybridized carbons (Fsp3) is 0.250. The highest BCUT2D eigenvalue weighted by Gasteiger charge is 2.08. The number of hydrogen-bond donors (Lipinski definition) is 1. The standard InChI is InChI=1S/C20H21NO2/c1-13-4-7-17(15(3)21-13)8-5-16-6-9-19-18(10-14(2)22)12-23-20(19)11-16/h4,6-7,9,11-12,22H,2,5,8,10H2,1,3H3. The maximum Gasteiger partial charge on any atom is 0.134 e. The van der Waals surface area contributed by atoms with E-state index in [2.05, 4.69) is 48.8 Å². The zero-order chi connectivity index (χ0) is 16.4. The molecular weight excluding hydrogens is 286 g/mol. The molecule has 0 fully saturated rings. The Morgan fingerprint density at radius 1 is 1.13 bits per heavy atom. The van der Waals surface area contributed by atoms with Gasteiger partial charge >= 0.3 is 0 Å². The summed E-state index contributed by atoms with van der Waals surface area (Å²) in [6.07, 6.45) is 4.04. The average Bonchev–Trinajstić information content (AvgIpc) is 2.88. The summed E-state index contributed by atoms with van der Waals surface area (Å²) in [5.74, 6) is 0.152. The molecule has 0 unspecified atom stereocenters. The minimum Gasteiger partial charge on any atom is -0.513 e. The smallest absolute Gasteiger partial charge is 0.134 e. The molecule has 0 aliphatic heterocycles. The first-order chi connectivity index (χ1) is 11.0. The number of aliphatic hydroxyl groups is 1. The lowest BCUT2D eigenvalue weighted by Gasteiger charge is -2.06. The molecule has 3 nitrogen and oxygen atoms in total. The Morgan fingerprint density at radius 3 is 2.70 bits per heavy atom. The van der Waals surface area contributed by atoms with Gasteiger partial charge in [-0.15, -0.1) is 0 Å². The van der Waals surface area contributed by atoms with E-state index in [0.29, 0.717) is 6.42 Å². The maximum absolute atomic E-state index is 9.35. The van der Waals surface area contributed by atoms with Crippen molar-refractivity contribution in [3.63, 3.8) is 0 Å². The number of nitrogens with zero attached hydrogens (tertiary/aromatic N) is 1. The second-order valence-electron chi connectivity index (χ2n) is 6.03. The summed E-state index contributed by atoms with van der Waals surface area (Å²) in [6, 6.07) is 10.5. The number of aromatic nitrogens is 1. The molecule has 1 N–H and O–H groups in total. The highest BCUT2D eigenvalue weighted by Crippen LogP contribution is 2.24. The number of aliphatic hydroxyl groups excluding tert-OH is 1. The number of rotatable bonds is 5. The van der Waals surface area contributed by atoms with E-state index >= 15 is 0 Å². The molecule has 0 saturated carbocycles. The van der Waals surface area contributed by atoms with Gasteiger partial charge in [-0.3, -0.25) is 4.98 Å². The number of aryl methyl sites for hydroxylation is 4. The summed E-state index contributed by atoms with van der Waals surface area (Å²) in [5, 5.41) is 10.4. The van der Waals surface area contributed by atoms with Crippen molar-refractivity contribution in [2.75, 3.05) is 0 Å². The average molecular weight is 307 g/mol. The fourth-order valence-corrected chi connectivity index (χ4v) is 2.90. The SMILES string of the molecule is C=C(O)Cc1coc2cc(CCc3ccc(C)nc3C)ccc12. The van der Waals surface area contributed by atoms with Crippen LogP contribution >= 0.6 is 0 Å². The van der Waals surface area contributed by atoms with Crippen molar-refractivity contribution in [2.45, 2.75) is 33.1 Å². The van der Waals surface area contributed by atoms with Gasteiger partial charge in [-0.05, 0) is 49.9 Å². The molecule has 23 heavy (non-hydrogen) atoms. The Balaban J connectivity index is 1.77. The molecule has 1 aromatic carbocycles. The van der Waals surface area contributed by atoms with Crippen molar-refractivity contribution in [1.82, 2.24) is 4.98 Å². The van der Waals surface area contributed by atoms with Crippen LogP contribution in [0.15, 0.2) is 53.4 Å². The first kappa shape index (κ1) is 15.3. The molecule has 3 aromatic rings. The lowest BCUT2D eigenvalue weighted by atomic mass is 10.0. The van der Waals surface area contributed by atoms with E-state index in [1.54, 1.807) is 6.26 Å². The molecule has 3 heteroatoms. The Bertz CT molecular complexity index is 861. The van der Waals surface area contributed by atoms with Crippen LogP contribution in [0.25, 0.3) is 11.0 Å². The number of benzene rings is 1. The van der Waals surface area contributed by atoms with Gasteiger partial charge in [0.05, 0.1) is 12.0 Å². The summed E-state index contributed by atoms with van der Waals surface area (Å²) >= 11 is 0. The highest BCUT2D eigenvalue weighted by atomic mass is 16.3. The number of pyridine rings is 1. The summed E-state index contributed by atoms with van der Waals surface area (Å²) in [4.78, 5) is 4.52. The molecular formula is C20H21NO2. The van der Waals surface area contributed by atoms with E-state index < -0.39 is 0 Å². The lowest BCUT2D eigenvalue weighted by Crippen LogP contribution is -1.97. The van der Waals surface area contributed by atoms with Crippen LogP contribution in [0.4, 0.5) is 0 Å². The predicted molar refractivity (Wildman–Crippen MR) is 92.8 cm³/mol. The van der Waals surface area contributed by atoms with Gasteiger partial charge in [-0.1, -0.05) is 24.8 Å². The molecule has 3 rings (SSSR count). The van der Waals surface area contributed by atoms with Gasteiger partial charge in [0.1, 0.15) is 5.58 Å². The first-order valence-electron chi connectivity index (χ1n) is 7.82. The summed E-state index contributed by atoms with van der Waals surface area (Å²) in [7, 11) is 0. The Labute approximate surface area is 136 Å². The zero-order valence-electron chi connectivity index (χ0n) is 13.6. The van der Waals surface area contributed by atoms with Crippen LogP contribution < -0.4 is 0 Å². The van der Waals surface area contributed by atoms with Crippen molar-refractivity contribution in [2.24, 2.45) is 0 Å². The molecule has 0 amide bonds. The van der Waals surface area contributed by atoms with Crippen molar-refractivity contribution in [3.8, 4) is 0 Å². The molecule has 2 aromatic heterocycles. The van der Waals surface area contributed by atoms with Gasteiger partial charge < -0.3 is 9.52 Å². The van der Waals surface area contributed by atoms with Gasteiger partial charge in [0.15, 0.2) is 0 Å². The Hall–Kier alpha value is -2.55. The number of fused-ring (bicyclic) bond motifs is 1. The maximum atomic E-state index is 9.35. The third kappa shape index (κ3) is 3.45. The van der Waals surface area contributed by atoms with E-state index in [1.807, 2.05) is 6.92 Å². The molecule has 2 heterocycles.